The highest BCUT2D eigenvalue weighted by Crippen LogP contribution is 2.18. The molecule has 5 heteroatoms. The molecule has 0 fully saturated rings. The van der Waals surface area contributed by atoms with Gasteiger partial charge >= 0.3 is 0 Å². The number of hydrogen-bond donors (Lipinski definition) is 2. The van der Waals surface area contributed by atoms with Crippen molar-refractivity contribution in [1.29, 1.82) is 0 Å². The normalized spacial score (nSPS) is 10.5. The van der Waals surface area contributed by atoms with Crippen LogP contribution in [0, 0.1) is 0 Å². The van der Waals surface area contributed by atoms with Crippen molar-refractivity contribution in [2.24, 2.45) is 0 Å². The number of aromatic nitrogens is 2. The van der Waals surface area contributed by atoms with E-state index >= 15 is 0 Å². The Bertz CT molecular complexity index is 845. The van der Waals surface area contributed by atoms with E-state index in [1.165, 1.54) is 11.9 Å². The van der Waals surface area contributed by atoms with Crippen LogP contribution >= 0.6 is 0 Å². The fourth-order valence-corrected chi connectivity index (χ4v) is 2.37. The third-order valence-electron chi connectivity index (χ3n) is 3.78. The van der Waals surface area contributed by atoms with Gasteiger partial charge in [-0.25, -0.2) is 9.97 Å². The summed E-state index contributed by atoms with van der Waals surface area (Å²) in [6.07, 6.45) is 1.38. The van der Waals surface area contributed by atoms with Gasteiger partial charge in [0.2, 0.25) is 0 Å². The van der Waals surface area contributed by atoms with E-state index in [2.05, 4.69) is 34.4 Å². The standard InChI is InChI=1S/C20H20N4O/c1-14(2)15-8-10-17(11-9-15)24-20(25)18-12-19(22-13-21-18)23-16-6-4-3-5-7-16/h3-14H,1-2H3,(H,24,25)(H,21,22,23). The van der Waals surface area contributed by atoms with Crippen molar-refractivity contribution in [3.8, 4) is 0 Å². The van der Waals surface area contributed by atoms with Crippen molar-refractivity contribution < 1.29 is 4.79 Å². The lowest BCUT2D eigenvalue weighted by Crippen LogP contribution is -2.14. The van der Waals surface area contributed by atoms with E-state index in [-0.39, 0.29) is 5.91 Å². The molecule has 0 unspecified atom stereocenters. The quantitative estimate of drug-likeness (QED) is 0.717. The highest BCUT2D eigenvalue weighted by Gasteiger charge is 2.10. The van der Waals surface area contributed by atoms with Crippen molar-refractivity contribution in [3.05, 3.63) is 78.2 Å². The summed E-state index contributed by atoms with van der Waals surface area (Å²) >= 11 is 0. The molecule has 3 rings (SSSR count). The fourth-order valence-electron chi connectivity index (χ4n) is 2.37. The van der Waals surface area contributed by atoms with E-state index in [0.29, 0.717) is 17.4 Å². The molecule has 0 aliphatic carbocycles. The zero-order valence-electron chi connectivity index (χ0n) is 14.2. The second kappa shape index (κ2) is 7.57. The van der Waals surface area contributed by atoms with Crippen LogP contribution in [0.2, 0.25) is 0 Å². The molecule has 0 aliphatic rings. The van der Waals surface area contributed by atoms with Gasteiger partial charge in [0.05, 0.1) is 0 Å². The number of amides is 1. The molecule has 0 radical (unpaired) electrons. The lowest BCUT2D eigenvalue weighted by molar-refractivity contribution is 0.102. The number of hydrogen-bond acceptors (Lipinski definition) is 4. The molecule has 0 aliphatic heterocycles. The summed E-state index contributed by atoms with van der Waals surface area (Å²) in [4.78, 5) is 20.6. The van der Waals surface area contributed by atoms with Gasteiger partial charge in [-0.1, -0.05) is 44.2 Å². The molecule has 2 aromatic carbocycles. The van der Waals surface area contributed by atoms with Crippen molar-refractivity contribution in [2.75, 3.05) is 10.6 Å². The highest BCUT2D eigenvalue weighted by molar-refractivity contribution is 6.03. The zero-order chi connectivity index (χ0) is 17.6. The second-order valence-corrected chi connectivity index (χ2v) is 6.01. The molecule has 0 atom stereocenters. The lowest BCUT2D eigenvalue weighted by Gasteiger charge is -2.09. The van der Waals surface area contributed by atoms with E-state index < -0.39 is 0 Å². The first-order chi connectivity index (χ1) is 12.1. The van der Waals surface area contributed by atoms with Crippen LogP contribution < -0.4 is 10.6 Å². The molecular formula is C20H20N4O. The van der Waals surface area contributed by atoms with E-state index in [0.717, 1.165) is 11.4 Å². The smallest absolute Gasteiger partial charge is 0.274 e. The van der Waals surface area contributed by atoms with Crippen LogP contribution in [0.5, 0.6) is 0 Å². The number of rotatable bonds is 5. The van der Waals surface area contributed by atoms with Crippen LogP contribution in [-0.4, -0.2) is 15.9 Å². The molecule has 5 nitrogen and oxygen atoms in total. The first-order valence-corrected chi connectivity index (χ1v) is 8.17. The molecule has 0 bridgehead atoms. The number of carbonyl (C=O) groups excluding carboxylic acids is 1. The van der Waals surface area contributed by atoms with Crippen LogP contribution in [-0.2, 0) is 0 Å². The lowest BCUT2D eigenvalue weighted by atomic mass is 10.0. The van der Waals surface area contributed by atoms with Gasteiger partial charge in [-0.15, -0.1) is 0 Å². The second-order valence-electron chi connectivity index (χ2n) is 6.01. The maximum atomic E-state index is 12.4. The minimum Gasteiger partial charge on any atom is -0.340 e. The zero-order valence-corrected chi connectivity index (χ0v) is 14.2. The molecule has 126 valence electrons. The molecule has 0 saturated heterocycles. The maximum absolute atomic E-state index is 12.4. The average Bonchev–Trinajstić information content (AvgIpc) is 2.63. The Hall–Kier alpha value is -3.21. The molecule has 2 N–H and O–H groups in total. The average molecular weight is 332 g/mol. The molecule has 0 spiro atoms. The Morgan fingerprint density at radius 3 is 2.32 bits per heavy atom. The Kier molecular flexibility index (Phi) is 5.04. The maximum Gasteiger partial charge on any atom is 0.274 e. The van der Waals surface area contributed by atoms with Crippen LogP contribution in [0.1, 0.15) is 35.8 Å². The Morgan fingerprint density at radius 1 is 0.920 bits per heavy atom. The summed E-state index contributed by atoms with van der Waals surface area (Å²) in [6.45, 7) is 4.27. The van der Waals surface area contributed by atoms with E-state index in [9.17, 15) is 4.79 Å². The van der Waals surface area contributed by atoms with Gasteiger partial charge in [0.1, 0.15) is 17.8 Å². The summed E-state index contributed by atoms with van der Waals surface area (Å²) in [5.74, 6) is 0.760. The number of carbonyl (C=O) groups is 1. The Morgan fingerprint density at radius 2 is 1.64 bits per heavy atom. The van der Waals surface area contributed by atoms with Crippen LogP contribution in [0.4, 0.5) is 17.2 Å². The van der Waals surface area contributed by atoms with Gasteiger partial charge in [0, 0.05) is 17.4 Å². The summed E-state index contributed by atoms with van der Waals surface area (Å²) in [5, 5.41) is 6.01. The SMILES string of the molecule is CC(C)c1ccc(NC(=O)c2cc(Nc3ccccc3)ncn2)cc1. The summed E-state index contributed by atoms with van der Waals surface area (Å²) < 4.78 is 0. The van der Waals surface area contributed by atoms with Gasteiger partial charge in [-0.05, 0) is 35.7 Å². The summed E-state index contributed by atoms with van der Waals surface area (Å²) in [5.41, 5.74) is 3.18. The minimum absolute atomic E-state index is 0.268. The minimum atomic E-state index is -0.268. The first-order valence-electron chi connectivity index (χ1n) is 8.17. The number of para-hydroxylation sites is 1. The van der Waals surface area contributed by atoms with Gasteiger partial charge in [0.15, 0.2) is 0 Å². The van der Waals surface area contributed by atoms with Gasteiger partial charge in [0.25, 0.3) is 5.91 Å². The van der Waals surface area contributed by atoms with Gasteiger partial charge in [-0.3, -0.25) is 4.79 Å². The van der Waals surface area contributed by atoms with E-state index in [4.69, 9.17) is 0 Å². The molecule has 1 aromatic heterocycles. The van der Waals surface area contributed by atoms with Crippen LogP contribution in [0.15, 0.2) is 67.0 Å². The summed E-state index contributed by atoms with van der Waals surface area (Å²) in [6, 6.07) is 19.1. The van der Waals surface area contributed by atoms with Gasteiger partial charge < -0.3 is 10.6 Å². The van der Waals surface area contributed by atoms with Crippen molar-refractivity contribution >= 4 is 23.1 Å². The first kappa shape index (κ1) is 16.6. The van der Waals surface area contributed by atoms with Gasteiger partial charge in [-0.2, -0.15) is 0 Å². The van der Waals surface area contributed by atoms with Crippen LogP contribution in [0.25, 0.3) is 0 Å². The van der Waals surface area contributed by atoms with E-state index in [1.54, 1.807) is 6.07 Å². The number of nitrogens with zero attached hydrogens (tertiary/aromatic N) is 2. The molecule has 25 heavy (non-hydrogen) atoms. The molecular weight excluding hydrogens is 312 g/mol. The molecule has 1 amide bonds. The molecule has 1 heterocycles. The Labute approximate surface area is 147 Å². The highest BCUT2D eigenvalue weighted by atomic mass is 16.1. The fraction of sp³-hybridized carbons (Fsp3) is 0.150. The third-order valence-corrected chi connectivity index (χ3v) is 3.78. The van der Waals surface area contributed by atoms with E-state index in [1.807, 2.05) is 54.6 Å². The third kappa shape index (κ3) is 4.41. The number of anilines is 3. The Balaban J connectivity index is 1.70. The largest absolute Gasteiger partial charge is 0.340 e. The molecule has 0 saturated carbocycles. The molecule has 3 aromatic rings. The van der Waals surface area contributed by atoms with Crippen molar-refractivity contribution in [3.63, 3.8) is 0 Å². The van der Waals surface area contributed by atoms with Crippen LogP contribution in [0.3, 0.4) is 0 Å². The number of benzene rings is 2. The predicted molar refractivity (Wildman–Crippen MR) is 100 cm³/mol. The predicted octanol–water partition coefficient (Wildman–Crippen LogP) is 4.60. The van der Waals surface area contributed by atoms with Crippen molar-refractivity contribution in [2.45, 2.75) is 19.8 Å². The topological polar surface area (TPSA) is 66.9 Å². The van der Waals surface area contributed by atoms with Crippen molar-refractivity contribution in [1.82, 2.24) is 9.97 Å². The summed E-state index contributed by atoms with van der Waals surface area (Å²) in [7, 11) is 0. The number of nitrogens with one attached hydrogen (secondary N) is 2. The monoisotopic (exact) mass is 332 g/mol.